The Morgan fingerprint density at radius 1 is 1.47 bits per heavy atom. The molecule has 0 bridgehead atoms. The Bertz CT molecular complexity index is 421. The number of unbranched alkanes of at least 4 members (excludes halogenated alkanes) is 1. The molecule has 0 fully saturated rings. The van der Waals surface area contributed by atoms with Crippen LogP contribution in [0.5, 0.6) is 5.75 Å². The predicted octanol–water partition coefficient (Wildman–Crippen LogP) is 2.57. The van der Waals surface area contributed by atoms with Gasteiger partial charge in [-0.2, -0.15) is 0 Å². The fourth-order valence-corrected chi connectivity index (χ4v) is 1.52. The lowest BCUT2D eigenvalue weighted by Gasteiger charge is -2.13. The molecule has 1 rings (SSSR count). The molecule has 106 valence electrons. The molecule has 0 spiro atoms. The van der Waals surface area contributed by atoms with Crippen molar-refractivity contribution >= 4 is 5.97 Å². The first-order chi connectivity index (χ1) is 9.04. The summed E-state index contributed by atoms with van der Waals surface area (Å²) in [6.45, 7) is 3.93. The summed E-state index contributed by atoms with van der Waals surface area (Å²) in [7, 11) is 0. The lowest BCUT2D eigenvalue weighted by atomic mass is 10.1. The van der Waals surface area contributed by atoms with E-state index in [2.05, 4.69) is 0 Å². The molecule has 1 atom stereocenters. The molecular weight excluding hydrogens is 249 g/mol. The van der Waals surface area contributed by atoms with E-state index in [1.54, 1.807) is 6.92 Å². The first-order valence-electron chi connectivity index (χ1n) is 6.38. The van der Waals surface area contributed by atoms with E-state index < -0.39 is 5.97 Å². The minimum absolute atomic E-state index is 0.199. The third-order valence-electron chi connectivity index (χ3n) is 2.57. The lowest BCUT2D eigenvalue weighted by Crippen LogP contribution is -2.17. The van der Waals surface area contributed by atoms with E-state index in [1.807, 2.05) is 6.92 Å². The van der Waals surface area contributed by atoms with Gasteiger partial charge in [0.15, 0.2) is 6.61 Å². The third kappa shape index (κ3) is 5.26. The summed E-state index contributed by atoms with van der Waals surface area (Å²) in [5, 5.41) is 0. The molecule has 0 radical (unpaired) electrons. The predicted molar refractivity (Wildman–Crippen MR) is 70.4 cm³/mol. The van der Waals surface area contributed by atoms with Gasteiger partial charge in [-0.25, -0.2) is 9.18 Å². The number of rotatable bonds is 7. The highest BCUT2D eigenvalue weighted by Crippen LogP contribution is 2.24. The van der Waals surface area contributed by atoms with Gasteiger partial charge in [-0.3, -0.25) is 0 Å². The standard InChI is InChI=1S/C14H20FNO3/c1-3-4-7-18-14(17)9-19-13-6-5-11(15)8-12(13)10(2)16/h5-6,8,10H,3-4,7,9,16H2,1-2H3/t10-/m0/s1. The van der Waals surface area contributed by atoms with Crippen molar-refractivity contribution < 1.29 is 18.7 Å². The molecule has 0 heterocycles. The van der Waals surface area contributed by atoms with Crippen molar-refractivity contribution in [2.45, 2.75) is 32.7 Å². The molecule has 19 heavy (non-hydrogen) atoms. The highest BCUT2D eigenvalue weighted by molar-refractivity contribution is 5.71. The van der Waals surface area contributed by atoms with Crippen LogP contribution in [0.1, 0.15) is 38.3 Å². The van der Waals surface area contributed by atoms with E-state index in [0.29, 0.717) is 17.9 Å². The number of nitrogens with two attached hydrogens (primary N) is 1. The second kappa shape index (κ2) is 7.74. The summed E-state index contributed by atoms with van der Waals surface area (Å²) in [6.07, 6.45) is 1.79. The van der Waals surface area contributed by atoms with Crippen LogP contribution in [-0.2, 0) is 9.53 Å². The topological polar surface area (TPSA) is 61.5 Å². The Labute approximate surface area is 112 Å². The van der Waals surface area contributed by atoms with Gasteiger partial charge in [0.25, 0.3) is 0 Å². The molecule has 0 amide bonds. The van der Waals surface area contributed by atoms with Crippen LogP contribution in [0, 0.1) is 5.82 Å². The van der Waals surface area contributed by atoms with Gasteiger partial charge >= 0.3 is 5.97 Å². The van der Waals surface area contributed by atoms with Gasteiger partial charge in [0.1, 0.15) is 11.6 Å². The summed E-state index contributed by atoms with van der Waals surface area (Å²) >= 11 is 0. The van der Waals surface area contributed by atoms with Gasteiger partial charge in [-0.1, -0.05) is 13.3 Å². The van der Waals surface area contributed by atoms with Gasteiger partial charge in [-0.15, -0.1) is 0 Å². The first kappa shape index (κ1) is 15.4. The highest BCUT2D eigenvalue weighted by atomic mass is 19.1. The molecular formula is C14H20FNO3. The van der Waals surface area contributed by atoms with Gasteiger partial charge in [0, 0.05) is 11.6 Å². The normalized spacial score (nSPS) is 12.0. The zero-order chi connectivity index (χ0) is 14.3. The van der Waals surface area contributed by atoms with E-state index in [0.717, 1.165) is 12.8 Å². The molecule has 2 N–H and O–H groups in total. The highest BCUT2D eigenvalue weighted by Gasteiger charge is 2.11. The van der Waals surface area contributed by atoms with Gasteiger partial charge < -0.3 is 15.2 Å². The molecule has 1 aromatic rings. The summed E-state index contributed by atoms with van der Waals surface area (Å²) in [4.78, 5) is 11.4. The Hall–Kier alpha value is -1.62. The van der Waals surface area contributed by atoms with Crippen LogP contribution in [-0.4, -0.2) is 19.2 Å². The molecule has 0 saturated heterocycles. The largest absolute Gasteiger partial charge is 0.482 e. The smallest absolute Gasteiger partial charge is 0.344 e. The van der Waals surface area contributed by atoms with Crippen molar-refractivity contribution in [2.75, 3.05) is 13.2 Å². The zero-order valence-corrected chi connectivity index (χ0v) is 11.3. The fraction of sp³-hybridized carbons (Fsp3) is 0.500. The van der Waals surface area contributed by atoms with Crippen LogP contribution in [0.2, 0.25) is 0 Å². The van der Waals surface area contributed by atoms with Crippen molar-refractivity contribution in [3.8, 4) is 5.75 Å². The van der Waals surface area contributed by atoms with Crippen molar-refractivity contribution in [2.24, 2.45) is 5.73 Å². The van der Waals surface area contributed by atoms with Gasteiger partial charge in [0.05, 0.1) is 6.61 Å². The van der Waals surface area contributed by atoms with E-state index in [9.17, 15) is 9.18 Å². The number of esters is 1. The number of hydrogen-bond donors (Lipinski definition) is 1. The van der Waals surface area contributed by atoms with E-state index in [4.69, 9.17) is 15.2 Å². The molecule has 0 aliphatic rings. The maximum atomic E-state index is 13.1. The maximum Gasteiger partial charge on any atom is 0.344 e. The average molecular weight is 269 g/mol. The monoisotopic (exact) mass is 269 g/mol. The number of carbonyl (C=O) groups excluding carboxylic acids is 1. The van der Waals surface area contributed by atoms with Crippen LogP contribution in [0.25, 0.3) is 0 Å². The fourth-order valence-electron chi connectivity index (χ4n) is 1.52. The Balaban J connectivity index is 2.55. The minimum atomic E-state index is -0.437. The van der Waals surface area contributed by atoms with Crippen molar-refractivity contribution in [1.29, 1.82) is 0 Å². The number of benzene rings is 1. The minimum Gasteiger partial charge on any atom is -0.482 e. The SMILES string of the molecule is CCCCOC(=O)COc1ccc(F)cc1[C@H](C)N. The van der Waals surface area contributed by atoms with Crippen molar-refractivity contribution in [3.63, 3.8) is 0 Å². The molecule has 0 aliphatic heterocycles. The summed E-state index contributed by atoms with van der Waals surface area (Å²) in [6, 6.07) is 3.67. The molecule has 0 unspecified atom stereocenters. The number of ether oxygens (including phenoxy) is 2. The molecule has 5 heteroatoms. The summed E-state index contributed by atoms with van der Waals surface area (Å²) in [5.74, 6) is -0.414. The Morgan fingerprint density at radius 2 is 2.21 bits per heavy atom. The third-order valence-corrected chi connectivity index (χ3v) is 2.57. The van der Waals surface area contributed by atoms with Crippen LogP contribution >= 0.6 is 0 Å². The number of hydrogen-bond acceptors (Lipinski definition) is 4. The maximum absolute atomic E-state index is 13.1. The molecule has 0 aliphatic carbocycles. The quantitative estimate of drug-likeness (QED) is 0.610. The molecule has 1 aromatic carbocycles. The van der Waals surface area contributed by atoms with E-state index in [1.165, 1.54) is 18.2 Å². The molecule has 0 aromatic heterocycles. The Morgan fingerprint density at radius 3 is 2.84 bits per heavy atom. The zero-order valence-electron chi connectivity index (χ0n) is 11.3. The Kier molecular flexibility index (Phi) is 6.29. The van der Waals surface area contributed by atoms with Crippen molar-refractivity contribution in [1.82, 2.24) is 0 Å². The van der Waals surface area contributed by atoms with Crippen molar-refractivity contribution in [3.05, 3.63) is 29.6 Å². The van der Waals surface area contributed by atoms with Crippen LogP contribution < -0.4 is 10.5 Å². The van der Waals surface area contributed by atoms with Crippen LogP contribution in [0.4, 0.5) is 4.39 Å². The average Bonchev–Trinajstić information content (AvgIpc) is 2.37. The summed E-state index contributed by atoms with van der Waals surface area (Å²) in [5.41, 5.74) is 6.25. The van der Waals surface area contributed by atoms with Crippen LogP contribution in [0.15, 0.2) is 18.2 Å². The number of carbonyl (C=O) groups is 1. The van der Waals surface area contributed by atoms with E-state index in [-0.39, 0.29) is 18.5 Å². The van der Waals surface area contributed by atoms with Gasteiger partial charge in [-0.05, 0) is 31.5 Å². The van der Waals surface area contributed by atoms with Crippen LogP contribution in [0.3, 0.4) is 0 Å². The van der Waals surface area contributed by atoms with E-state index >= 15 is 0 Å². The summed E-state index contributed by atoms with van der Waals surface area (Å²) < 4.78 is 23.4. The second-order valence-corrected chi connectivity index (χ2v) is 4.33. The van der Waals surface area contributed by atoms with Gasteiger partial charge in [0.2, 0.25) is 0 Å². The molecule has 4 nitrogen and oxygen atoms in total. The first-order valence-corrected chi connectivity index (χ1v) is 6.38. The number of halogens is 1. The lowest BCUT2D eigenvalue weighted by molar-refractivity contribution is -0.146. The molecule has 0 saturated carbocycles. The second-order valence-electron chi connectivity index (χ2n) is 4.33.